The molecule has 0 aromatic heterocycles. The van der Waals surface area contributed by atoms with E-state index in [-0.39, 0.29) is 5.91 Å². The number of nitrogens with zero attached hydrogens (tertiary/aromatic N) is 2. The minimum Gasteiger partial charge on any atom is -0.462 e. The van der Waals surface area contributed by atoms with Gasteiger partial charge in [-0.1, -0.05) is 12.2 Å². The average Bonchev–Trinajstić information content (AvgIpc) is 2.56. The van der Waals surface area contributed by atoms with Gasteiger partial charge < -0.3 is 4.74 Å². The molecule has 1 amide bonds. The van der Waals surface area contributed by atoms with Crippen LogP contribution in [-0.2, 0) is 9.53 Å². The number of esters is 1. The molecule has 0 saturated heterocycles. The number of anilines is 1. The van der Waals surface area contributed by atoms with Gasteiger partial charge in [-0.25, -0.2) is 14.9 Å². The van der Waals surface area contributed by atoms with E-state index in [1.807, 2.05) is 0 Å². The number of hydrogen-bond donors (Lipinski definition) is 1. The maximum Gasteiger partial charge on any atom is 0.338 e. The highest BCUT2D eigenvalue weighted by Gasteiger charge is 2.08. The van der Waals surface area contributed by atoms with Gasteiger partial charge in [0.1, 0.15) is 0 Å². The van der Waals surface area contributed by atoms with E-state index in [2.05, 4.69) is 4.99 Å². The normalized spacial score (nSPS) is 12.8. The first-order valence-electron chi connectivity index (χ1n) is 7.42. The summed E-state index contributed by atoms with van der Waals surface area (Å²) in [5.41, 5.74) is 2.21. The summed E-state index contributed by atoms with van der Waals surface area (Å²) in [6.07, 6.45) is 8.35. The molecule has 0 unspecified atom stereocenters. The number of carbonyl (C=O) groups excluding carboxylic acids is 2. The summed E-state index contributed by atoms with van der Waals surface area (Å²) in [4.78, 5) is 26.3. The fraction of sp³-hybridized carbons (Fsp3) is 0.167. The molecule has 24 heavy (non-hydrogen) atoms. The smallest absolute Gasteiger partial charge is 0.338 e. The maximum absolute atomic E-state index is 11.6. The first-order chi connectivity index (χ1) is 11.5. The SMILES string of the molecule is CCOC(=O)c1ccc(N(O)C=C2C=CC(=NC(C)=O)C=C2)cc1. The van der Waals surface area contributed by atoms with Crippen molar-refractivity contribution in [2.45, 2.75) is 13.8 Å². The second-order valence-corrected chi connectivity index (χ2v) is 4.96. The molecule has 124 valence electrons. The molecule has 1 N–H and O–H groups in total. The molecular formula is C18H18N2O4. The molecule has 0 bridgehead atoms. The molecule has 0 fully saturated rings. The summed E-state index contributed by atoms with van der Waals surface area (Å²) in [5, 5.41) is 11.1. The molecule has 0 aliphatic heterocycles. The lowest BCUT2D eigenvalue weighted by atomic mass is 10.1. The molecule has 1 aliphatic rings. The number of rotatable bonds is 4. The summed E-state index contributed by atoms with van der Waals surface area (Å²) in [7, 11) is 0. The monoisotopic (exact) mass is 326 g/mol. The third-order valence-corrected chi connectivity index (χ3v) is 3.09. The number of benzene rings is 1. The molecule has 1 aliphatic carbocycles. The summed E-state index contributed by atoms with van der Waals surface area (Å²) >= 11 is 0. The lowest BCUT2D eigenvalue weighted by Crippen LogP contribution is -2.11. The average molecular weight is 326 g/mol. The van der Waals surface area contributed by atoms with Crippen molar-refractivity contribution in [1.82, 2.24) is 0 Å². The molecule has 1 aromatic carbocycles. The Bertz CT molecular complexity index is 725. The van der Waals surface area contributed by atoms with Gasteiger partial charge in [-0.05, 0) is 48.9 Å². The zero-order chi connectivity index (χ0) is 17.5. The Kier molecular flexibility index (Phi) is 5.81. The predicted octanol–water partition coefficient (Wildman–Crippen LogP) is 3.06. The van der Waals surface area contributed by atoms with Crippen molar-refractivity contribution in [1.29, 1.82) is 0 Å². The number of carbonyl (C=O) groups is 2. The number of amides is 1. The number of aliphatic imine (C=N–C) groups is 1. The minimum absolute atomic E-state index is 0.266. The van der Waals surface area contributed by atoms with Gasteiger partial charge in [-0.2, -0.15) is 0 Å². The van der Waals surface area contributed by atoms with Gasteiger partial charge in [0.2, 0.25) is 5.91 Å². The Labute approximate surface area is 140 Å². The van der Waals surface area contributed by atoms with Crippen molar-refractivity contribution in [2.24, 2.45) is 4.99 Å². The van der Waals surface area contributed by atoms with Gasteiger partial charge in [-0.3, -0.25) is 10.0 Å². The molecule has 6 nitrogen and oxygen atoms in total. The topological polar surface area (TPSA) is 79.2 Å². The van der Waals surface area contributed by atoms with Crippen molar-refractivity contribution >= 4 is 23.3 Å². The fourth-order valence-corrected chi connectivity index (χ4v) is 2.00. The Morgan fingerprint density at radius 1 is 1.17 bits per heavy atom. The van der Waals surface area contributed by atoms with Crippen LogP contribution in [0.25, 0.3) is 0 Å². The minimum atomic E-state index is -0.401. The number of allylic oxidation sites excluding steroid dienone is 5. The number of hydroxylamine groups is 1. The summed E-state index contributed by atoms with van der Waals surface area (Å²) < 4.78 is 4.91. The van der Waals surface area contributed by atoms with E-state index in [1.165, 1.54) is 13.1 Å². The number of ether oxygens (including phenoxy) is 1. The zero-order valence-corrected chi connectivity index (χ0v) is 13.5. The van der Waals surface area contributed by atoms with Crippen LogP contribution in [-0.4, -0.2) is 29.4 Å². The molecule has 0 atom stereocenters. The van der Waals surface area contributed by atoms with Gasteiger partial charge >= 0.3 is 5.97 Å². The van der Waals surface area contributed by atoms with Crippen LogP contribution >= 0.6 is 0 Å². The summed E-state index contributed by atoms with van der Waals surface area (Å²) in [5.74, 6) is -0.667. The van der Waals surface area contributed by atoms with Crippen LogP contribution in [0.2, 0.25) is 0 Å². The van der Waals surface area contributed by atoms with E-state index in [1.54, 1.807) is 55.5 Å². The first-order valence-corrected chi connectivity index (χ1v) is 7.42. The molecule has 0 spiro atoms. The van der Waals surface area contributed by atoms with E-state index in [9.17, 15) is 14.8 Å². The van der Waals surface area contributed by atoms with Gasteiger partial charge in [0, 0.05) is 13.1 Å². The van der Waals surface area contributed by atoms with Crippen LogP contribution in [0.15, 0.2) is 65.3 Å². The van der Waals surface area contributed by atoms with Crippen molar-refractivity contribution in [3.63, 3.8) is 0 Å². The van der Waals surface area contributed by atoms with Crippen LogP contribution in [0.1, 0.15) is 24.2 Å². The van der Waals surface area contributed by atoms with E-state index >= 15 is 0 Å². The van der Waals surface area contributed by atoms with Crippen molar-refractivity contribution in [3.8, 4) is 0 Å². The van der Waals surface area contributed by atoms with Gasteiger partial charge in [0.25, 0.3) is 0 Å². The van der Waals surface area contributed by atoms with E-state index in [0.717, 1.165) is 10.6 Å². The summed E-state index contributed by atoms with van der Waals surface area (Å²) in [6.45, 7) is 3.44. The maximum atomic E-state index is 11.6. The highest BCUT2D eigenvalue weighted by Crippen LogP contribution is 2.17. The number of hydrogen-bond acceptors (Lipinski definition) is 5. The van der Waals surface area contributed by atoms with Crippen molar-refractivity contribution in [2.75, 3.05) is 11.7 Å². The largest absolute Gasteiger partial charge is 0.462 e. The van der Waals surface area contributed by atoms with Crippen LogP contribution in [0.4, 0.5) is 5.69 Å². The molecule has 1 aromatic rings. The lowest BCUT2D eigenvalue weighted by molar-refractivity contribution is -0.115. The fourth-order valence-electron chi connectivity index (χ4n) is 2.00. The second kappa shape index (κ2) is 8.03. The Morgan fingerprint density at radius 3 is 2.33 bits per heavy atom. The predicted molar refractivity (Wildman–Crippen MR) is 91.1 cm³/mol. The van der Waals surface area contributed by atoms with Crippen LogP contribution in [0.5, 0.6) is 0 Å². The molecule has 6 heteroatoms. The molecule has 2 rings (SSSR count). The van der Waals surface area contributed by atoms with E-state index < -0.39 is 5.97 Å². The second-order valence-electron chi connectivity index (χ2n) is 4.96. The molecule has 0 saturated carbocycles. The summed E-state index contributed by atoms with van der Waals surface area (Å²) in [6, 6.07) is 6.39. The lowest BCUT2D eigenvalue weighted by Gasteiger charge is -2.14. The van der Waals surface area contributed by atoms with Crippen LogP contribution < -0.4 is 5.06 Å². The highest BCUT2D eigenvalue weighted by molar-refractivity contribution is 6.10. The third kappa shape index (κ3) is 4.76. The van der Waals surface area contributed by atoms with Crippen LogP contribution in [0, 0.1) is 0 Å². The van der Waals surface area contributed by atoms with Gasteiger partial charge in [0.05, 0.1) is 23.6 Å². The van der Waals surface area contributed by atoms with Crippen LogP contribution in [0.3, 0.4) is 0 Å². The van der Waals surface area contributed by atoms with E-state index in [0.29, 0.717) is 23.6 Å². The Balaban J connectivity index is 2.07. The standard InChI is InChI=1S/C18H18N2O4/c1-3-24-18(22)15-6-10-17(11-7-15)20(23)12-14-4-8-16(9-5-14)19-13(2)21/h4-12,23H,3H2,1-2H3. The third-order valence-electron chi connectivity index (χ3n) is 3.09. The van der Waals surface area contributed by atoms with Gasteiger partial charge in [0.15, 0.2) is 0 Å². The first kappa shape index (κ1) is 17.4. The highest BCUT2D eigenvalue weighted by atomic mass is 16.5. The molecular weight excluding hydrogens is 308 g/mol. The van der Waals surface area contributed by atoms with E-state index in [4.69, 9.17) is 4.74 Å². The molecule has 0 heterocycles. The Morgan fingerprint density at radius 2 is 1.79 bits per heavy atom. The zero-order valence-electron chi connectivity index (χ0n) is 13.5. The van der Waals surface area contributed by atoms with Crippen molar-refractivity contribution < 1.29 is 19.5 Å². The van der Waals surface area contributed by atoms with Crippen molar-refractivity contribution in [3.05, 3.63) is 65.9 Å². The van der Waals surface area contributed by atoms with Gasteiger partial charge in [-0.15, -0.1) is 0 Å². The Hall–Kier alpha value is -2.99. The molecule has 0 radical (unpaired) electrons. The quantitative estimate of drug-likeness (QED) is 0.679.